The number of hydrogen-bond acceptors (Lipinski definition) is 3. The van der Waals surface area contributed by atoms with Crippen LogP contribution in [0.25, 0.3) is 16.8 Å². The molecule has 3 rings (SSSR count). The molecule has 138 valence electrons. The number of rotatable bonds is 8. The van der Waals surface area contributed by atoms with E-state index >= 15 is 0 Å². The zero-order valence-corrected chi connectivity index (χ0v) is 15.2. The van der Waals surface area contributed by atoms with Crippen molar-refractivity contribution in [1.82, 2.24) is 0 Å². The third-order valence-corrected chi connectivity index (χ3v) is 4.26. The Balaban J connectivity index is 1.70. The minimum atomic E-state index is -0.993. The van der Waals surface area contributed by atoms with E-state index in [9.17, 15) is 4.79 Å². The molecule has 0 saturated carbocycles. The average molecular weight is 362 g/mol. The van der Waals surface area contributed by atoms with E-state index in [1.54, 1.807) is 6.08 Å². The highest BCUT2D eigenvalue weighted by molar-refractivity contribution is 5.96. The molecule has 0 radical (unpaired) electrons. The summed E-state index contributed by atoms with van der Waals surface area (Å²) in [6.45, 7) is 2.88. The minimum absolute atomic E-state index is 0.363. The zero-order valence-electron chi connectivity index (χ0n) is 15.2. The lowest BCUT2D eigenvalue weighted by atomic mass is 10.0. The summed E-state index contributed by atoms with van der Waals surface area (Å²) in [7, 11) is 0. The third-order valence-electron chi connectivity index (χ3n) is 4.26. The summed E-state index contributed by atoms with van der Waals surface area (Å²) in [5, 5.41) is 10.9. The van der Waals surface area contributed by atoms with Crippen molar-refractivity contribution in [2.24, 2.45) is 0 Å². The number of carboxylic acid groups (broad SMARTS) is 1. The van der Waals surface area contributed by atoms with Crippen molar-refractivity contribution in [3.05, 3.63) is 77.9 Å². The fraction of sp³-hybridized carbons (Fsp3) is 0.174. The topological polar surface area (TPSA) is 55.8 Å². The molecule has 0 spiro atoms. The molecule has 27 heavy (non-hydrogen) atoms. The van der Waals surface area contributed by atoms with Gasteiger partial charge in [0.2, 0.25) is 0 Å². The molecule has 4 nitrogen and oxygen atoms in total. The van der Waals surface area contributed by atoms with Crippen molar-refractivity contribution < 1.29 is 19.4 Å². The standard InChI is InChI=1S/C23H22O4/c1-2-17-7-10-19(11-8-17)26-15-16-27-22-13-9-18-5-3-4-6-20(18)21(22)12-14-23(24)25/h3-14H,2,15-16H2,1H3,(H,24,25). The minimum Gasteiger partial charge on any atom is -0.490 e. The molecule has 0 aliphatic rings. The van der Waals surface area contributed by atoms with Gasteiger partial charge in [-0.2, -0.15) is 0 Å². The summed E-state index contributed by atoms with van der Waals surface area (Å²) in [6, 6.07) is 19.6. The van der Waals surface area contributed by atoms with Crippen LogP contribution in [0.1, 0.15) is 18.1 Å². The number of aliphatic carboxylic acids is 1. The van der Waals surface area contributed by atoms with Crippen molar-refractivity contribution in [2.45, 2.75) is 13.3 Å². The first kappa shape index (κ1) is 18.5. The van der Waals surface area contributed by atoms with Gasteiger partial charge >= 0.3 is 5.97 Å². The Morgan fingerprint density at radius 2 is 1.70 bits per heavy atom. The maximum atomic E-state index is 10.9. The van der Waals surface area contributed by atoms with Gasteiger partial charge in [0.1, 0.15) is 24.7 Å². The van der Waals surface area contributed by atoms with Gasteiger partial charge < -0.3 is 14.6 Å². The Kier molecular flexibility index (Phi) is 6.10. The first-order valence-corrected chi connectivity index (χ1v) is 8.94. The summed E-state index contributed by atoms with van der Waals surface area (Å²) in [4.78, 5) is 10.9. The monoisotopic (exact) mass is 362 g/mol. The average Bonchev–Trinajstić information content (AvgIpc) is 2.70. The number of carbonyl (C=O) groups is 1. The van der Waals surface area contributed by atoms with Crippen LogP contribution in [0.3, 0.4) is 0 Å². The third kappa shape index (κ3) is 4.88. The SMILES string of the molecule is CCc1ccc(OCCOc2ccc3ccccc3c2C=CC(=O)O)cc1. The number of hydrogen-bond donors (Lipinski definition) is 1. The number of benzene rings is 3. The quantitative estimate of drug-likeness (QED) is 0.455. The van der Waals surface area contributed by atoms with Gasteiger partial charge in [-0.1, -0.05) is 49.4 Å². The van der Waals surface area contributed by atoms with E-state index in [4.69, 9.17) is 14.6 Å². The lowest BCUT2D eigenvalue weighted by Gasteiger charge is -2.13. The molecule has 0 bridgehead atoms. The highest BCUT2D eigenvalue weighted by Crippen LogP contribution is 2.29. The zero-order chi connectivity index (χ0) is 19.1. The van der Waals surface area contributed by atoms with Gasteiger partial charge in [0.05, 0.1) is 0 Å². The van der Waals surface area contributed by atoms with Crippen LogP contribution in [-0.2, 0) is 11.2 Å². The molecule has 0 saturated heterocycles. The molecular weight excluding hydrogens is 340 g/mol. The van der Waals surface area contributed by atoms with Gasteiger partial charge in [0.15, 0.2) is 0 Å². The Labute approximate surface area is 158 Å². The first-order chi connectivity index (χ1) is 13.2. The molecular formula is C23H22O4. The van der Waals surface area contributed by atoms with Crippen LogP contribution in [0.15, 0.2) is 66.7 Å². The molecule has 0 atom stereocenters. The number of aryl methyl sites for hydroxylation is 1. The summed E-state index contributed by atoms with van der Waals surface area (Å²) < 4.78 is 11.6. The number of fused-ring (bicyclic) bond motifs is 1. The van der Waals surface area contributed by atoms with Gasteiger partial charge in [0, 0.05) is 11.6 Å². The van der Waals surface area contributed by atoms with Gasteiger partial charge in [-0.25, -0.2) is 4.79 Å². The number of carboxylic acids is 1. The first-order valence-electron chi connectivity index (χ1n) is 8.94. The van der Waals surface area contributed by atoms with Gasteiger partial charge in [-0.15, -0.1) is 0 Å². The number of ether oxygens (including phenoxy) is 2. The molecule has 1 N–H and O–H groups in total. The maximum absolute atomic E-state index is 10.9. The summed E-state index contributed by atoms with van der Waals surface area (Å²) in [5.41, 5.74) is 2.02. The molecule has 0 aliphatic heterocycles. The second kappa shape index (κ2) is 8.90. The smallest absolute Gasteiger partial charge is 0.328 e. The molecule has 0 aliphatic carbocycles. The van der Waals surface area contributed by atoms with Gasteiger partial charge in [-0.3, -0.25) is 0 Å². The molecule has 3 aromatic rings. The van der Waals surface area contributed by atoms with Crippen molar-refractivity contribution in [3.8, 4) is 11.5 Å². The predicted octanol–water partition coefficient (Wildman–Crippen LogP) is 4.96. The predicted molar refractivity (Wildman–Crippen MR) is 107 cm³/mol. The molecule has 0 heterocycles. The van der Waals surface area contributed by atoms with E-state index in [1.807, 2.05) is 60.7 Å². The van der Waals surface area contributed by atoms with Gasteiger partial charge in [0.25, 0.3) is 0 Å². The van der Waals surface area contributed by atoms with Crippen LogP contribution >= 0.6 is 0 Å². The second-order valence-electron chi connectivity index (χ2n) is 6.06. The Bertz CT molecular complexity index is 942. The molecule has 0 fully saturated rings. The van der Waals surface area contributed by atoms with E-state index in [-0.39, 0.29) is 0 Å². The van der Waals surface area contributed by atoms with Crippen molar-refractivity contribution in [2.75, 3.05) is 13.2 Å². The Morgan fingerprint density at radius 1 is 0.963 bits per heavy atom. The molecule has 4 heteroatoms. The lowest BCUT2D eigenvalue weighted by Crippen LogP contribution is -2.09. The van der Waals surface area contributed by atoms with E-state index in [0.29, 0.717) is 19.0 Å². The molecule has 0 aromatic heterocycles. The normalized spacial score (nSPS) is 11.0. The summed E-state index contributed by atoms with van der Waals surface area (Å²) in [6.07, 6.45) is 3.70. The fourth-order valence-electron chi connectivity index (χ4n) is 2.86. The summed E-state index contributed by atoms with van der Waals surface area (Å²) in [5.74, 6) is 0.448. The van der Waals surface area contributed by atoms with Crippen LogP contribution in [-0.4, -0.2) is 24.3 Å². The van der Waals surface area contributed by atoms with E-state index in [0.717, 1.165) is 34.6 Å². The van der Waals surface area contributed by atoms with E-state index in [1.165, 1.54) is 5.56 Å². The largest absolute Gasteiger partial charge is 0.490 e. The van der Waals surface area contributed by atoms with Crippen LogP contribution in [0.4, 0.5) is 0 Å². The molecule has 0 unspecified atom stereocenters. The van der Waals surface area contributed by atoms with E-state index < -0.39 is 5.97 Å². The van der Waals surface area contributed by atoms with Crippen LogP contribution < -0.4 is 9.47 Å². The summed E-state index contributed by atoms with van der Waals surface area (Å²) >= 11 is 0. The van der Waals surface area contributed by atoms with Crippen molar-refractivity contribution >= 4 is 22.8 Å². The van der Waals surface area contributed by atoms with Gasteiger partial charge in [-0.05, 0) is 47.0 Å². The van der Waals surface area contributed by atoms with Crippen LogP contribution in [0.5, 0.6) is 11.5 Å². The van der Waals surface area contributed by atoms with Crippen molar-refractivity contribution in [1.29, 1.82) is 0 Å². The molecule has 0 amide bonds. The second-order valence-corrected chi connectivity index (χ2v) is 6.06. The highest BCUT2D eigenvalue weighted by atomic mass is 16.5. The van der Waals surface area contributed by atoms with Crippen LogP contribution in [0, 0.1) is 0 Å². The maximum Gasteiger partial charge on any atom is 0.328 e. The van der Waals surface area contributed by atoms with Crippen LogP contribution in [0.2, 0.25) is 0 Å². The van der Waals surface area contributed by atoms with E-state index in [2.05, 4.69) is 6.92 Å². The highest BCUT2D eigenvalue weighted by Gasteiger charge is 2.07. The Hall–Kier alpha value is -3.27. The van der Waals surface area contributed by atoms with Crippen molar-refractivity contribution in [3.63, 3.8) is 0 Å². The lowest BCUT2D eigenvalue weighted by molar-refractivity contribution is -0.131. The Morgan fingerprint density at radius 3 is 2.44 bits per heavy atom. The fourth-order valence-corrected chi connectivity index (χ4v) is 2.86. The molecule has 3 aromatic carbocycles.